The SMILES string of the molecule is CN(C)/C=C/C(=O)c1cc(NC(=O)OC(C)(C)C)ccc1OCc1ccccc1. The van der Waals surface area contributed by atoms with E-state index in [-0.39, 0.29) is 5.78 Å². The Hall–Kier alpha value is -3.28. The summed E-state index contributed by atoms with van der Waals surface area (Å²) in [5.74, 6) is 0.214. The van der Waals surface area contributed by atoms with Gasteiger partial charge in [0.1, 0.15) is 18.0 Å². The van der Waals surface area contributed by atoms with Crippen molar-refractivity contribution in [1.29, 1.82) is 0 Å². The average Bonchev–Trinajstić information content (AvgIpc) is 2.64. The molecule has 2 rings (SSSR count). The highest BCUT2D eigenvalue weighted by molar-refractivity contribution is 6.07. The molecule has 2 aromatic rings. The van der Waals surface area contributed by atoms with Crippen molar-refractivity contribution in [2.75, 3.05) is 19.4 Å². The van der Waals surface area contributed by atoms with Gasteiger partial charge < -0.3 is 14.4 Å². The van der Waals surface area contributed by atoms with Crippen LogP contribution in [0, 0.1) is 0 Å². The molecule has 6 heteroatoms. The Morgan fingerprint density at radius 1 is 1.07 bits per heavy atom. The highest BCUT2D eigenvalue weighted by Gasteiger charge is 2.18. The van der Waals surface area contributed by atoms with E-state index >= 15 is 0 Å². The molecule has 154 valence electrons. The van der Waals surface area contributed by atoms with E-state index in [4.69, 9.17) is 9.47 Å². The lowest BCUT2D eigenvalue weighted by atomic mass is 10.1. The van der Waals surface area contributed by atoms with Gasteiger partial charge in [0.15, 0.2) is 5.78 Å². The number of benzene rings is 2. The minimum absolute atomic E-state index is 0.227. The summed E-state index contributed by atoms with van der Waals surface area (Å²) in [6.45, 7) is 5.69. The first-order valence-electron chi connectivity index (χ1n) is 9.34. The first-order chi connectivity index (χ1) is 13.6. The minimum Gasteiger partial charge on any atom is -0.488 e. The van der Waals surface area contributed by atoms with Crippen LogP contribution in [0.5, 0.6) is 5.75 Å². The monoisotopic (exact) mass is 396 g/mol. The zero-order chi connectivity index (χ0) is 21.4. The summed E-state index contributed by atoms with van der Waals surface area (Å²) in [4.78, 5) is 26.5. The second-order valence-electron chi connectivity index (χ2n) is 7.76. The Bertz CT molecular complexity index is 868. The summed E-state index contributed by atoms with van der Waals surface area (Å²) in [5, 5.41) is 2.66. The molecule has 29 heavy (non-hydrogen) atoms. The molecule has 0 aliphatic carbocycles. The highest BCUT2D eigenvalue weighted by atomic mass is 16.6. The lowest BCUT2D eigenvalue weighted by Crippen LogP contribution is -2.27. The predicted octanol–water partition coefficient (Wildman–Crippen LogP) is 4.87. The van der Waals surface area contributed by atoms with Crippen LogP contribution in [0.2, 0.25) is 0 Å². The van der Waals surface area contributed by atoms with E-state index in [0.717, 1.165) is 5.56 Å². The molecule has 0 unspecified atom stereocenters. The standard InChI is InChI=1S/C23H28N2O4/c1-23(2,3)29-22(27)24-18-11-12-21(28-16-17-9-7-6-8-10-17)19(15-18)20(26)13-14-25(4)5/h6-15H,16H2,1-5H3,(H,24,27)/b14-13+. The van der Waals surface area contributed by atoms with Crippen molar-refractivity contribution >= 4 is 17.6 Å². The van der Waals surface area contributed by atoms with Crippen molar-refractivity contribution in [3.05, 3.63) is 71.9 Å². The van der Waals surface area contributed by atoms with E-state index in [2.05, 4.69) is 5.32 Å². The van der Waals surface area contributed by atoms with E-state index in [1.165, 1.54) is 6.08 Å². The van der Waals surface area contributed by atoms with E-state index in [9.17, 15) is 9.59 Å². The van der Waals surface area contributed by atoms with E-state index in [1.807, 2.05) is 44.4 Å². The molecule has 0 aromatic heterocycles. The lowest BCUT2D eigenvalue weighted by molar-refractivity contribution is 0.0635. The molecular formula is C23H28N2O4. The highest BCUT2D eigenvalue weighted by Crippen LogP contribution is 2.25. The van der Waals surface area contributed by atoms with Crippen LogP contribution in [0.1, 0.15) is 36.7 Å². The number of nitrogens with one attached hydrogen (secondary N) is 1. The molecule has 0 fully saturated rings. The van der Waals surface area contributed by atoms with Crippen molar-refractivity contribution in [2.45, 2.75) is 33.0 Å². The van der Waals surface area contributed by atoms with Crippen LogP contribution < -0.4 is 10.1 Å². The number of ether oxygens (including phenoxy) is 2. The Balaban J connectivity index is 2.24. The van der Waals surface area contributed by atoms with E-state index in [1.54, 1.807) is 50.1 Å². The topological polar surface area (TPSA) is 67.9 Å². The largest absolute Gasteiger partial charge is 0.488 e. The van der Waals surface area contributed by atoms with Gasteiger partial charge in [0.2, 0.25) is 0 Å². The van der Waals surface area contributed by atoms with Crippen LogP contribution in [0.3, 0.4) is 0 Å². The third-order valence-corrected chi connectivity index (χ3v) is 3.65. The number of carbonyl (C=O) groups excluding carboxylic acids is 2. The van der Waals surface area contributed by atoms with Crippen LogP contribution in [0.4, 0.5) is 10.5 Å². The number of anilines is 1. The van der Waals surface area contributed by atoms with Crippen molar-refractivity contribution in [1.82, 2.24) is 4.90 Å². The Kier molecular flexibility index (Phi) is 7.42. The summed E-state index contributed by atoms with van der Waals surface area (Å²) >= 11 is 0. The van der Waals surface area contributed by atoms with Crippen LogP contribution in [-0.2, 0) is 11.3 Å². The third kappa shape index (κ3) is 7.70. The maximum Gasteiger partial charge on any atom is 0.412 e. The third-order valence-electron chi connectivity index (χ3n) is 3.65. The van der Waals surface area contributed by atoms with Crippen molar-refractivity contribution in [3.8, 4) is 5.75 Å². The zero-order valence-corrected chi connectivity index (χ0v) is 17.6. The van der Waals surface area contributed by atoms with Crippen LogP contribution in [0.25, 0.3) is 0 Å². The van der Waals surface area contributed by atoms with Gasteiger partial charge in [-0.15, -0.1) is 0 Å². The fourth-order valence-corrected chi connectivity index (χ4v) is 2.39. The molecule has 0 aliphatic rings. The summed E-state index contributed by atoms with van der Waals surface area (Å²) in [6, 6.07) is 14.6. The molecule has 0 aliphatic heterocycles. The molecule has 0 radical (unpaired) electrons. The number of hydrogen-bond donors (Lipinski definition) is 1. The number of amides is 1. The summed E-state index contributed by atoms with van der Waals surface area (Å²) in [6.07, 6.45) is 2.54. The number of rotatable bonds is 7. The smallest absolute Gasteiger partial charge is 0.412 e. The van der Waals surface area contributed by atoms with Gasteiger partial charge in [-0.3, -0.25) is 10.1 Å². The van der Waals surface area contributed by atoms with Crippen LogP contribution >= 0.6 is 0 Å². The first kappa shape index (κ1) is 22.0. The van der Waals surface area contributed by atoms with Crippen LogP contribution in [0.15, 0.2) is 60.8 Å². The Morgan fingerprint density at radius 3 is 2.38 bits per heavy atom. The van der Waals surface area contributed by atoms with Gasteiger partial charge >= 0.3 is 6.09 Å². The molecule has 1 N–H and O–H groups in total. The fraction of sp³-hybridized carbons (Fsp3) is 0.304. The minimum atomic E-state index is -0.615. The van der Waals surface area contributed by atoms with Gasteiger partial charge in [-0.1, -0.05) is 30.3 Å². The molecule has 1 amide bonds. The second-order valence-corrected chi connectivity index (χ2v) is 7.76. The quantitative estimate of drug-likeness (QED) is 0.534. The van der Waals surface area contributed by atoms with Gasteiger partial charge in [0.25, 0.3) is 0 Å². The number of ketones is 1. The fourth-order valence-electron chi connectivity index (χ4n) is 2.39. The normalized spacial score (nSPS) is 11.2. The zero-order valence-electron chi connectivity index (χ0n) is 17.6. The predicted molar refractivity (Wildman–Crippen MR) is 114 cm³/mol. The van der Waals surface area contributed by atoms with Gasteiger partial charge in [-0.25, -0.2) is 4.79 Å². The summed E-state index contributed by atoms with van der Waals surface area (Å²) < 4.78 is 11.1. The molecule has 0 atom stereocenters. The maximum absolute atomic E-state index is 12.7. The molecule has 0 heterocycles. The Morgan fingerprint density at radius 2 is 1.76 bits per heavy atom. The number of carbonyl (C=O) groups is 2. The van der Waals surface area contributed by atoms with Gasteiger partial charge in [-0.2, -0.15) is 0 Å². The van der Waals surface area contributed by atoms with Crippen LogP contribution in [-0.4, -0.2) is 36.5 Å². The first-order valence-corrected chi connectivity index (χ1v) is 9.34. The second kappa shape index (κ2) is 9.78. The number of nitrogens with zero attached hydrogens (tertiary/aromatic N) is 1. The number of allylic oxidation sites excluding steroid dienone is 1. The molecule has 2 aromatic carbocycles. The van der Waals surface area contributed by atoms with Gasteiger partial charge in [0, 0.05) is 32.1 Å². The summed E-state index contributed by atoms with van der Waals surface area (Å²) in [7, 11) is 3.66. The molecule has 0 bridgehead atoms. The number of hydrogen-bond acceptors (Lipinski definition) is 5. The van der Waals surface area contributed by atoms with Crippen molar-refractivity contribution in [3.63, 3.8) is 0 Å². The van der Waals surface area contributed by atoms with Crippen molar-refractivity contribution < 1.29 is 19.1 Å². The molecule has 0 spiro atoms. The van der Waals surface area contributed by atoms with Gasteiger partial charge in [-0.05, 0) is 44.5 Å². The Labute approximate surface area is 172 Å². The molecule has 6 nitrogen and oxygen atoms in total. The van der Waals surface area contributed by atoms with E-state index in [0.29, 0.717) is 23.6 Å². The summed E-state index contributed by atoms with van der Waals surface area (Å²) in [5.41, 5.74) is 1.18. The molecule has 0 saturated carbocycles. The molecular weight excluding hydrogens is 368 g/mol. The van der Waals surface area contributed by atoms with Gasteiger partial charge in [0.05, 0.1) is 5.56 Å². The van der Waals surface area contributed by atoms with Crippen molar-refractivity contribution in [2.24, 2.45) is 0 Å². The maximum atomic E-state index is 12.7. The van der Waals surface area contributed by atoms with E-state index < -0.39 is 11.7 Å². The lowest BCUT2D eigenvalue weighted by Gasteiger charge is -2.20. The average molecular weight is 396 g/mol. The molecule has 0 saturated heterocycles.